The minimum Gasteiger partial charge on any atom is -0.293 e. The van der Waals surface area contributed by atoms with Crippen molar-refractivity contribution in [3.63, 3.8) is 0 Å². The molecule has 0 radical (unpaired) electrons. The van der Waals surface area contributed by atoms with Crippen LogP contribution in [0.5, 0.6) is 0 Å². The van der Waals surface area contributed by atoms with Crippen LogP contribution < -0.4 is 0 Å². The molecule has 2 heteroatoms. The quantitative estimate of drug-likeness (QED) is 0.341. The first-order chi connectivity index (χ1) is 13.1. The smallest absolute Gasteiger partial charge is 0.173 e. The van der Waals surface area contributed by atoms with Gasteiger partial charge in [-0.1, -0.05) is 60.2 Å². The first kappa shape index (κ1) is 16.6. The van der Waals surface area contributed by atoms with Gasteiger partial charge in [-0.2, -0.15) is 0 Å². The average molecular weight is 369 g/mol. The molecule has 0 fully saturated rings. The van der Waals surface area contributed by atoms with Crippen molar-refractivity contribution in [3.05, 3.63) is 76.9 Å². The monoisotopic (exact) mass is 368 g/mol. The molecule has 1 aliphatic rings. The molecule has 1 nitrogen and oxygen atoms in total. The third-order valence-corrected chi connectivity index (χ3v) is 6.70. The lowest BCUT2D eigenvalue weighted by molar-refractivity contribution is 0.102. The highest BCUT2D eigenvalue weighted by atomic mass is 32.2. The fraction of sp³-hybridized carbons (Fsp3) is 0.160. The highest BCUT2D eigenvalue weighted by molar-refractivity contribution is 8.00. The van der Waals surface area contributed by atoms with E-state index in [9.17, 15) is 4.79 Å². The Hall–Kier alpha value is -2.58. The SMILES string of the molecule is Cc1cc(C)c(-c2c3ccccc3c3c4c(cccc24)C(=O)CS3)c(C)c1. The maximum absolute atomic E-state index is 12.6. The molecule has 4 aromatic carbocycles. The number of benzene rings is 4. The highest BCUT2D eigenvalue weighted by Crippen LogP contribution is 2.47. The predicted octanol–water partition coefficient (Wildman–Crippen LogP) is 6.87. The van der Waals surface area contributed by atoms with Crippen LogP contribution in [0.2, 0.25) is 0 Å². The van der Waals surface area contributed by atoms with Crippen molar-refractivity contribution in [3.8, 4) is 11.1 Å². The van der Waals surface area contributed by atoms with Crippen LogP contribution in [0.4, 0.5) is 0 Å². The minimum absolute atomic E-state index is 0.233. The normalized spacial score (nSPS) is 13.5. The molecule has 5 rings (SSSR count). The zero-order valence-electron chi connectivity index (χ0n) is 15.7. The Labute approximate surface area is 163 Å². The van der Waals surface area contributed by atoms with Gasteiger partial charge < -0.3 is 0 Å². The van der Waals surface area contributed by atoms with E-state index in [4.69, 9.17) is 0 Å². The van der Waals surface area contributed by atoms with E-state index in [1.54, 1.807) is 11.8 Å². The standard InChI is InChI=1S/C25H20OS/c1-14-11-15(2)22(16(3)12-14)23-17-7-4-5-8-18(17)25-24-19(21(26)13-27-25)9-6-10-20(23)24/h4-12H,13H2,1-3H3. The summed E-state index contributed by atoms with van der Waals surface area (Å²) in [5.74, 6) is 0.759. The third-order valence-electron chi connectivity index (χ3n) is 5.58. The maximum Gasteiger partial charge on any atom is 0.173 e. The molecule has 0 saturated heterocycles. The maximum atomic E-state index is 12.6. The predicted molar refractivity (Wildman–Crippen MR) is 116 cm³/mol. The molecule has 27 heavy (non-hydrogen) atoms. The minimum atomic E-state index is 0.233. The molecule has 132 valence electrons. The summed E-state index contributed by atoms with van der Waals surface area (Å²) >= 11 is 1.68. The number of thioether (sulfide) groups is 1. The van der Waals surface area contributed by atoms with Crippen LogP contribution >= 0.6 is 11.8 Å². The molecule has 1 aliphatic heterocycles. The molecule has 0 aromatic heterocycles. The van der Waals surface area contributed by atoms with Crippen molar-refractivity contribution < 1.29 is 4.79 Å². The zero-order chi connectivity index (χ0) is 18.7. The van der Waals surface area contributed by atoms with Crippen molar-refractivity contribution in [2.45, 2.75) is 25.7 Å². The molecule has 0 saturated carbocycles. The molecule has 1 heterocycles. The second-order valence-corrected chi connectivity index (χ2v) is 8.45. The van der Waals surface area contributed by atoms with E-state index in [2.05, 4.69) is 63.2 Å². The van der Waals surface area contributed by atoms with Gasteiger partial charge in [0.25, 0.3) is 0 Å². The van der Waals surface area contributed by atoms with Gasteiger partial charge in [-0.05, 0) is 59.2 Å². The van der Waals surface area contributed by atoms with Gasteiger partial charge in [-0.3, -0.25) is 4.79 Å². The lowest BCUT2D eigenvalue weighted by Crippen LogP contribution is -2.09. The van der Waals surface area contributed by atoms with E-state index in [0.717, 1.165) is 10.9 Å². The number of carbonyl (C=O) groups is 1. The zero-order valence-corrected chi connectivity index (χ0v) is 16.5. The Morgan fingerprint density at radius 1 is 0.778 bits per heavy atom. The molecular weight excluding hydrogens is 348 g/mol. The summed E-state index contributed by atoms with van der Waals surface area (Å²) < 4.78 is 0. The van der Waals surface area contributed by atoms with Gasteiger partial charge in [0.15, 0.2) is 5.78 Å². The molecular formula is C25H20OS. The van der Waals surface area contributed by atoms with Crippen LogP contribution in [0, 0.1) is 20.8 Å². The number of carbonyl (C=O) groups excluding carboxylic acids is 1. The van der Waals surface area contributed by atoms with Gasteiger partial charge in [-0.15, -0.1) is 11.8 Å². The first-order valence-electron chi connectivity index (χ1n) is 9.28. The Morgan fingerprint density at radius 3 is 2.19 bits per heavy atom. The first-order valence-corrected chi connectivity index (χ1v) is 10.3. The average Bonchev–Trinajstić information content (AvgIpc) is 2.65. The van der Waals surface area contributed by atoms with Crippen molar-refractivity contribution >= 4 is 39.1 Å². The number of hydrogen-bond acceptors (Lipinski definition) is 2. The van der Waals surface area contributed by atoms with Crippen LogP contribution in [-0.2, 0) is 0 Å². The second-order valence-electron chi connectivity index (χ2n) is 7.46. The number of hydrogen-bond donors (Lipinski definition) is 0. The summed E-state index contributed by atoms with van der Waals surface area (Å²) in [6.07, 6.45) is 0. The summed E-state index contributed by atoms with van der Waals surface area (Å²) in [5, 5.41) is 4.85. The molecule has 0 spiro atoms. The van der Waals surface area contributed by atoms with E-state index in [0.29, 0.717) is 5.75 Å². The number of fused-ring (bicyclic) bond motifs is 2. The van der Waals surface area contributed by atoms with Crippen molar-refractivity contribution in [2.75, 3.05) is 5.75 Å². The largest absolute Gasteiger partial charge is 0.293 e. The summed E-state index contributed by atoms with van der Waals surface area (Å²) in [6, 6.07) is 19.4. The fourth-order valence-corrected chi connectivity index (χ4v) is 5.75. The van der Waals surface area contributed by atoms with E-state index in [-0.39, 0.29) is 5.78 Å². The van der Waals surface area contributed by atoms with Gasteiger partial charge in [-0.25, -0.2) is 0 Å². The molecule has 0 N–H and O–H groups in total. The fourth-order valence-electron chi connectivity index (χ4n) is 4.63. The second kappa shape index (κ2) is 5.97. The third kappa shape index (κ3) is 2.36. The lowest BCUT2D eigenvalue weighted by atomic mass is 9.85. The van der Waals surface area contributed by atoms with E-state index >= 15 is 0 Å². The summed E-state index contributed by atoms with van der Waals surface area (Å²) in [6.45, 7) is 6.54. The van der Waals surface area contributed by atoms with Crippen molar-refractivity contribution in [1.82, 2.24) is 0 Å². The molecule has 0 atom stereocenters. The van der Waals surface area contributed by atoms with Crippen molar-refractivity contribution in [2.24, 2.45) is 0 Å². The molecule has 4 aromatic rings. The molecule has 0 unspecified atom stereocenters. The van der Waals surface area contributed by atoms with Gasteiger partial charge >= 0.3 is 0 Å². The number of ketones is 1. The van der Waals surface area contributed by atoms with Crippen LogP contribution in [0.15, 0.2) is 59.5 Å². The number of rotatable bonds is 1. The van der Waals surface area contributed by atoms with Crippen molar-refractivity contribution in [1.29, 1.82) is 0 Å². The molecule has 0 aliphatic carbocycles. The van der Waals surface area contributed by atoms with E-state index < -0.39 is 0 Å². The van der Waals surface area contributed by atoms with Crippen LogP contribution in [0.1, 0.15) is 27.0 Å². The Balaban J connectivity index is 2.07. The van der Waals surface area contributed by atoms with Crippen LogP contribution in [0.3, 0.4) is 0 Å². The summed E-state index contributed by atoms with van der Waals surface area (Å²) in [4.78, 5) is 13.9. The molecule has 0 bridgehead atoms. The Morgan fingerprint density at radius 2 is 1.44 bits per heavy atom. The molecule has 0 amide bonds. The Bertz CT molecular complexity index is 1240. The lowest BCUT2D eigenvalue weighted by Gasteiger charge is -2.23. The summed E-state index contributed by atoms with van der Waals surface area (Å²) in [5.41, 5.74) is 7.28. The topological polar surface area (TPSA) is 17.1 Å². The van der Waals surface area contributed by atoms with Gasteiger partial charge in [0.2, 0.25) is 0 Å². The van der Waals surface area contributed by atoms with Crippen LogP contribution in [0.25, 0.3) is 32.7 Å². The van der Waals surface area contributed by atoms with Gasteiger partial charge in [0.1, 0.15) is 0 Å². The van der Waals surface area contributed by atoms with Gasteiger partial charge in [0, 0.05) is 15.8 Å². The number of Topliss-reactive ketones (excluding diaryl/α,β-unsaturated/α-hetero) is 1. The number of aryl methyl sites for hydroxylation is 3. The van der Waals surface area contributed by atoms with Crippen LogP contribution in [-0.4, -0.2) is 11.5 Å². The summed E-state index contributed by atoms with van der Waals surface area (Å²) in [7, 11) is 0. The van der Waals surface area contributed by atoms with E-state index in [1.807, 2.05) is 12.1 Å². The Kier molecular flexibility index (Phi) is 3.66. The van der Waals surface area contributed by atoms with Gasteiger partial charge in [0.05, 0.1) is 5.75 Å². The highest BCUT2D eigenvalue weighted by Gasteiger charge is 2.25. The van der Waals surface area contributed by atoms with E-state index in [1.165, 1.54) is 48.9 Å².